The van der Waals surface area contributed by atoms with Gasteiger partial charge in [-0.25, -0.2) is 12.8 Å². The quantitative estimate of drug-likeness (QED) is 0.225. The number of amides is 1. The zero-order valence-corrected chi connectivity index (χ0v) is 25.5. The molecule has 11 heteroatoms. The van der Waals surface area contributed by atoms with Crippen molar-refractivity contribution in [2.75, 3.05) is 30.3 Å². The Balaban J connectivity index is 1.71. The molecule has 5 rings (SSSR count). The second-order valence-corrected chi connectivity index (χ2v) is 12.6. The number of rotatable bonds is 9. The molecule has 0 atom stereocenters. The Labute approximate surface area is 255 Å². The van der Waals surface area contributed by atoms with Crippen molar-refractivity contribution in [3.63, 3.8) is 0 Å². The summed E-state index contributed by atoms with van der Waals surface area (Å²) in [5.74, 6) is -0.838. The number of anilines is 1. The molecular formula is C33H32FN3O6S. The largest absolute Gasteiger partial charge is 0.455 e. The van der Waals surface area contributed by atoms with E-state index in [9.17, 15) is 27.7 Å². The van der Waals surface area contributed by atoms with Crippen LogP contribution in [0.4, 0.5) is 10.1 Å². The van der Waals surface area contributed by atoms with Crippen LogP contribution in [0.15, 0.2) is 65.1 Å². The predicted molar refractivity (Wildman–Crippen MR) is 165 cm³/mol. The number of hydrogen-bond donors (Lipinski definition) is 1. The molecule has 1 aliphatic rings. The van der Waals surface area contributed by atoms with Crippen molar-refractivity contribution in [1.29, 1.82) is 5.26 Å². The highest BCUT2D eigenvalue weighted by Crippen LogP contribution is 2.42. The minimum atomic E-state index is -3.75. The fourth-order valence-corrected chi connectivity index (χ4v) is 6.49. The summed E-state index contributed by atoms with van der Waals surface area (Å²) in [5, 5.41) is 13.1. The maximum atomic E-state index is 13.7. The van der Waals surface area contributed by atoms with Crippen LogP contribution in [0, 0.1) is 17.1 Å². The summed E-state index contributed by atoms with van der Waals surface area (Å²) in [6.45, 7) is 4.25. The van der Waals surface area contributed by atoms with Crippen LogP contribution in [0.3, 0.4) is 0 Å². The molecule has 228 valence electrons. The summed E-state index contributed by atoms with van der Waals surface area (Å²) in [7, 11) is -3.75. The minimum absolute atomic E-state index is 0.108. The average Bonchev–Trinajstić information content (AvgIpc) is 3.39. The van der Waals surface area contributed by atoms with E-state index in [-0.39, 0.29) is 35.7 Å². The van der Waals surface area contributed by atoms with E-state index in [4.69, 9.17) is 9.15 Å². The van der Waals surface area contributed by atoms with Crippen molar-refractivity contribution in [2.45, 2.75) is 38.6 Å². The van der Waals surface area contributed by atoms with E-state index in [1.165, 1.54) is 28.6 Å². The Bertz CT molecular complexity index is 1890. The van der Waals surface area contributed by atoms with Gasteiger partial charge in [0.1, 0.15) is 22.7 Å². The van der Waals surface area contributed by atoms with Gasteiger partial charge in [-0.1, -0.05) is 19.1 Å². The number of fused-ring (bicyclic) bond motifs is 1. The van der Waals surface area contributed by atoms with E-state index in [0.717, 1.165) is 6.26 Å². The van der Waals surface area contributed by atoms with Gasteiger partial charge in [-0.3, -0.25) is 13.9 Å². The van der Waals surface area contributed by atoms with Gasteiger partial charge in [0.25, 0.3) is 5.91 Å². The molecule has 1 fully saturated rings. The van der Waals surface area contributed by atoms with Crippen LogP contribution >= 0.6 is 0 Å². The lowest BCUT2D eigenvalue weighted by molar-refractivity contribution is 0.0531. The molecule has 1 saturated heterocycles. The SMILES string of the molecule is CCC(=O)c1c(-c2ccc(F)cc2)oc2cc(N(CC)S(C)(=O)=O)c(-c3cccc(C(=O)NC4(C#N)CCOCC4)c3)cc12. The predicted octanol–water partition coefficient (Wildman–Crippen LogP) is 6.09. The number of furan rings is 1. The summed E-state index contributed by atoms with van der Waals surface area (Å²) in [6, 6.07) is 17.8. The lowest BCUT2D eigenvalue weighted by Crippen LogP contribution is -2.50. The number of carbonyl (C=O) groups is 2. The minimum Gasteiger partial charge on any atom is -0.455 e. The highest BCUT2D eigenvalue weighted by molar-refractivity contribution is 7.92. The second kappa shape index (κ2) is 12.2. The van der Waals surface area contributed by atoms with Gasteiger partial charge in [0.15, 0.2) is 5.78 Å². The van der Waals surface area contributed by atoms with Crippen molar-refractivity contribution in [3.05, 3.63) is 77.6 Å². The topological polar surface area (TPSA) is 130 Å². The molecule has 2 heterocycles. The number of Topliss-reactive ketones (excluding diaryl/α,β-unsaturated/α-hetero) is 1. The van der Waals surface area contributed by atoms with Gasteiger partial charge in [-0.15, -0.1) is 0 Å². The molecule has 44 heavy (non-hydrogen) atoms. The highest BCUT2D eigenvalue weighted by atomic mass is 32.2. The fourth-order valence-electron chi connectivity index (χ4n) is 5.51. The molecule has 1 aromatic heterocycles. The first kappa shape index (κ1) is 30.9. The Morgan fingerprint density at radius 2 is 1.75 bits per heavy atom. The molecule has 1 amide bonds. The third kappa shape index (κ3) is 5.96. The van der Waals surface area contributed by atoms with Crippen LogP contribution in [-0.4, -0.2) is 51.7 Å². The Kier molecular flexibility index (Phi) is 8.59. The highest BCUT2D eigenvalue weighted by Gasteiger charge is 2.35. The number of ketones is 1. The molecule has 0 unspecified atom stereocenters. The zero-order chi connectivity index (χ0) is 31.6. The van der Waals surface area contributed by atoms with Crippen LogP contribution in [0.2, 0.25) is 0 Å². The Morgan fingerprint density at radius 1 is 1.05 bits per heavy atom. The third-order valence-corrected chi connectivity index (χ3v) is 9.07. The van der Waals surface area contributed by atoms with E-state index in [1.54, 1.807) is 50.2 Å². The van der Waals surface area contributed by atoms with Crippen molar-refractivity contribution < 1.29 is 31.6 Å². The summed E-state index contributed by atoms with van der Waals surface area (Å²) in [5.41, 5.74) is 1.59. The van der Waals surface area contributed by atoms with E-state index < -0.39 is 27.3 Å². The summed E-state index contributed by atoms with van der Waals surface area (Å²) >= 11 is 0. The second-order valence-electron chi connectivity index (χ2n) is 10.7. The van der Waals surface area contributed by atoms with Crippen LogP contribution in [0.25, 0.3) is 33.4 Å². The number of ether oxygens (including phenoxy) is 1. The maximum absolute atomic E-state index is 13.7. The van der Waals surface area contributed by atoms with Crippen molar-refractivity contribution in [3.8, 4) is 28.5 Å². The normalized spacial score (nSPS) is 14.6. The van der Waals surface area contributed by atoms with Crippen LogP contribution in [-0.2, 0) is 14.8 Å². The lowest BCUT2D eigenvalue weighted by atomic mass is 9.91. The van der Waals surface area contributed by atoms with E-state index in [2.05, 4.69) is 11.4 Å². The number of nitriles is 1. The molecular weight excluding hydrogens is 585 g/mol. The number of sulfonamides is 1. The van der Waals surface area contributed by atoms with Gasteiger partial charge >= 0.3 is 0 Å². The van der Waals surface area contributed by atoms with E-state index >= 15 is 0 Å². The molecule has 0 aliphatic carbocycles. The molecule has 0 bridgehead atoms. The van der Waals surface area contributed by atoms with Crippen molar-refractivity contribution in [2.24, 2.45) is 0 Å². The zero-order valence-electron chi connectivity index (χ0n) is 24.6. The number of nitrogens with one attached hydrogen (secondary N) is 1. The van der Waals surface area contributed by atoms with Gasteiger partial charge in [0.2, 0.25) is 10.0 Å². The maximum Gasteiger partial charge on any atom is 0.252 e. The van der Waals surface area contributed by atoms with Gasteiger partial charge in [-0.05, 0) is 55.0 Å². The Hall–Kier alpha value is -4.53. The van der Waals surface area contributed by atoms with E-state index in [1.807, 2.05) is 0 Å². The number of benzene rings is 3. The summed E-state index contributed by atoms with van der Waals surface area (Å²) in [4.78, 5) is 26.7. The van der Waals surface area contributed by atoms with Crippen molar-refractivity contribution in [1.82, 2.24) is 5.32 Å². The lowest BCUT2D eigenvalue weighted by Gasteiger charge is -2.31. The van der Waals surface area contributed by atoms with Crippen LogP contribution < -0.4 is 9.62 Å². The van der Waals surface area contributed by atoms with E-state index in [0.29, 0.717) is 59.4 Å². The average molecular weight is 618 g/mol. The standard InChI is InChI=1S/C33H32FN3O6S/c1-4-28(38)30-26-18-25(22-7-6-8-23(17-22)32(39)36-33(20-35)13-15-42-16-14-33)27(37(5-2)44(3,40)41)19-29(26)43-31(30)21-9-11-24(34)12-10-21/h6-12,17-19H,4-5,13-16H2,1-3H3,(H,36,39). The monoisotopic (exact) mass is 617 g/mol. The number of nitrogens with zero attached hydrogens (tertiary/aromatic N) is 2. The first-order valence-electron chi connectivity index (χ1n) is 14.3. The summed E-state index contributed by atoms with van der Waals surface area (Å²) in [6.07, 6.45) is 1.99. The molecule has 4 aromatic rings. The third-order valence-electron chi connectivity index (χ3n) is 7.82. The Morgan fingerprint density at radius 3 is 2.36 bits per heavy atom. The summed E-state index contributed by atoms with van der Waals surface area (Å²) < 4.78 is 52.4. The first-order valence-corrected chi connectivity index (χ1v) is 16.1. The van der Waals surface area contributed by atoms with Gasteiger partial charge in [0.05, 0.1) is 23.6 Å². The van der Waals surface area contributed by atoms with Gasteiger partial charge in [0, 0.05) is 67.2 Å². The molecule has 0 spiro atoms. The first-order chi connectivity index (χ1) is 21.0. The van der Waals surface area contributed by atoms with Crippen LogP contribution in [0.5, 0.6) is 0 Å². The molecule has 1 aliphatic heterocycles. The molecule has 1 N–H and O–H groups in total. The van der Waals surface area contributed by atoms with Crippen molar-refractivity contribution >= 4 is 38.4 Å². The number of halogens is 1. The van der Waals surface area contributed by atoms with Gasteiger partial charge < -0.3 is 14.5 Å². The molecule has 0 radical (unpaired) electrons. The number of hydrogen-bond acceptors (Lipinski definition) is 7. The van der Waals surface area contributed by atoms with Gasteiger partial charge in [-0.2, -0.15) is 5.26 Å². The van der Waals surface area contributed by atoms with Crippen LogP contribution in [0.1, 0.15) is 53.8 Å². The fraction of sp³-hybridized carbons (Fsp3) is 0.303. The number of carbonyl (C=O) groups excluding carboxylic acids is 2. The smallest absolute Gasteiger partial charge is 0.252 e. The molecule has 3 aromatic carbocycles. The molecule has 0 saturated carbocycles. The molecule has 9 nitrogen and oxygen atoms in total.